The van der Waals surface area contributed by atoms with Crippen LogP contribution in [0.25, 0.3) is 0 Å². The lowest BCUT2D eigenvalue weighted by Gasteiger charge is -2.07. The molecule has 0 atom stereocenters. The molecule has 0 unspecified atom stereocenters. The molecule has 7 nitrogen and oxygen atoms in total. The van der Waals surface area contributed by atoms with E-state index in [1.807, 2.05) is 0 Å². The maximum absolute atomic E-state index is 11.5. The fraction of sp³-hybridized carbons (Fsp3) is 0.538. The number of aromatic nitrogens is 2. The largest absolute Gasteiger partial charge is 0.481 e. The zero-order valence-corrected chi connectivity index (χ0v) is 11.7. The average Bonchev–Trinajstić information content (AvgIpc) is 2.36. The SMILES string of the molecule is CC(C)Cc1ncc(NC(=O)NCCCC(=O)O)cn1. The van der Waals surface area contributed by atoms with Crippen molar-refractivity contribution in [3.63, 3.8) is 0 Å². The van der Waals surface area contributed by atoms with E-state index in [9.17, 15) is 9.59 Å². The molecule has 1 heterocycles. The molecule has 0 saturated heterocycles. The van der Waals surface area contributed by atoms with Crippen LogP contribution in [0.1, 0.15) is 32.5 Å². The zero-order valence-electron chi connectivity index (χ0n) is 11.7. The number of hydrogen-bond acceptors (Lipinski definition) is 4. The maximum Gasteiger partial charge on any atom is 0.319 e. The molecule has 2 amide bonds. The first-order chi connectivity index (χ1) is 9.47. The second kappa shape index (κ2) is 8.08. The van der Waals surface area contributed by atoms with Gasteiger partial charge in [-0.25, -0.2) is 14.8 Å². The number of amides is 2. The third-order valence-corrected chi connectivity index (χ3v) is 2.41. The summed E-state index contributed by atoms with van der Waals surface area (Å²) in [7, 11) is 0. The van der Waals surface area contributed by atoms with Crippen LogP contribution in [0.2, 0.25) is 0 Å². The number of carboxylic acids is 1. The Bertz CT molecular complexity index is 445. The van der Waals surface area contributed by atoms with Crippen molar-refractivity contribution in [2.45, 2.75) is 33.1 Å². The van der Waals surface area contributed by atoms with Crippen molar-refractivity contribution in [1.82, 2.24) is 15.3 Å². The van der Waals surface area contributed by atoms with Crippen LogP contribution in [0.15, 0.2) is 12.4 Å². The minimum absolute atomic E-state index is 0.0350. The standard InChI is InChI=1S/C13H20N4O3/c1-9(2)6-11-15-7-10(8-16-11)17-13(20)14-5-3-4-12(18)19/h7-9H,3-6H2,1-2H3,(H,18,19)(H2,14,17,20). The minimum Gasteiger partial charge on any atom is -0.481 e. The summed E-state index contributed by atoms with van der Waals surface area (Å²) >= 11 is 0. The van der Waals surface area contributed by atoms with E-state index < -0.39 is 12.0 Å². The van der Waals surface area contributed by atoms with Gasteiger partial charge >= 0.3 is 12.0 Å². The van der Waals surface area contributed by atoms with Crippen molar-refractivity contribution in [2.75, 3.05) is 11.9 Å². The lowest BCUT2D eigenvalue weighted by molar-refractivity contribution is -0.137. The van der Waals surface area contributed by atoms with Gasteiger partial charge < -0.3 is 15.7 Å². The smallest absolute Gasteiger partial charge is 0.319 e. The summed E-state index contributed by atoms with van der Waals surface area (Å²) in [5, 5.41) is 13.6. The van der Waals surface area contributed by atoms with Gasteiger partial charge in [-0.15, -0.1) is 0 Å². The van der Waals surface area contributed by atoms with Gasteiger partial charge in [0.05, 0.1) is 18.1 Å². The van der Waals surface area contributed by atoms with Gasteiger partial charge in [-0.2, -0.15) is 0 Å². The molecule has 0 aliphatic carbocycles. The zero-order chi connectivity index (χ0) is 15.0. The Labute approximate surface area is 117 Å². The van der Waals surface area contributed by atoms with Gasteiger partial charge in [-0.1, -0.05) is 13.8 Å². The highest BCUT2D eigenvalue weighted by molar-refractivity contribution is 5.88. The van der Waals surface area contributed by atoms with Crippen molar-refractivity contribution in [1.29, 1.82) is 0 Å². The van der Waals surface area contributed by atoms with Crippen LogP contribution in [0, 0.1) is 5.92 Å². The van der Waals surface area contributed by atoms with Crippen molar-refractivity contribution in [3.05, 3.63) is 18.2 Å². The molecule has 1 aromatic rings. The van der Waals surface area contributed by atoms with Crippen LogP contribution in [-0.4, -0.2) is 33.6 Å². The Morgan fingerprint density at radius 2 is 1.95 bits per heavy atom. The lowest BCUT2D eigenvalue weighted by atomic mass is 10.1. The molecular weight excluding hydrogens is 260 g/mol. The van der Waals surface area contributed by atoms with E-state index in [0.717, 1.165) is 12.2 Å². The summed E-state index contributed by atoms with van der Waals surface area (Å²) in [6.45, 7) is 4.48. The fourth-order valence-electron chi connectivity index (χ4n) is 1.51. The molecule has 0 aliphatic rings. The van der Waals surface area contributed by atoms with Crippen molar-refractivity contribution in [3.8, 4) is 0 Å². The molecule has 0 fully saturated rings. The second-order valence-corrected chi connectivity index (χ2v) is 4.86. The molecule has 110 valence electrons. The highest BCUT2D eigenvalue weighted by Crippen LogP contribution is 2.06. The van der Waals surface area contributed by atoms with Crippen LogP contribution in [0.5, 0.6) is 0 Å². The van der Waals surface area contributed by atoms with Gasteiger partial charge in [-0.3, -0.25) is 4.79 Å². The van der Waals surface area contributed by atoms with Crippen molar-refractivity contribution < 1.29 is 14.7 Å². The van der Waals surface area contributed by atoms with Gasteiger partial charge in [0.15, 0.2) is 0 Å². The molecule has 0 aromatic carbocycles. The molecule has 1 rings (SSSR count). The number of carbonyl (C=O) groups excluding carboxylic acids is 1. The number of carbonyl (C=O) groups is 2. The monoisotopic (exact) mass is 280 g/mol. The van der Waals surface area contributed by atoms with Gasteiger partial charge in [-0.05, 0) is 12.3 Å². The van der Waals surface area contributed by atoms with Gasteiger partial charge in [0, 0.05) is 19.4 Å². The molecule has 0 aliphatic heterocycles. The third-order valence-electron chi connectivity index (χ3n) is 2.41. The van der Waals surface area contributed by atoms with Crippen molar-refractivity contribution in [2.24, 2.45) is 5.92 Å². The second-order valence-electron chi connectivity index (χ2n) is 4.86. The van der Waals surface area contributed by atoms with E-state index in [0.29, 0.717) is 24.6 Å². The van der Waals surface area contributed by atoms with E-state index in [4.69, 9.17) is 5.11 Å². The minimum atomic E-state index is -0.874. The van der Waals surface area contributed by atoms with Gasteiger partial charge in [0.2, 0.25) is 0 Å². The summed E-state index contributed by atoms with van der Waals surface area (Å²) in [6, 6.07) is -0.393. The molecular formula is C13H20N4O3. The fourth-order valence-corrected chi connectivity index (χ4v) is 1.51. The maximum atomic E-state index is 11.5. The number of anilines is 1. The summed E-state index contributed by atoms with van der Waals surface area (Å²) in [6.07, 6.45) is 4.34. The number of nitrogens with zero attached hydrogens (tertiary/aromatic N) is 2. The van der Waals surface area contributed by atoms with Gasteiger partial charge in [0.25, 0.3) is 0 Å². The van der Waals surface area contributed by atoms with Crippen LogP contribution in [0.4, 0.5) is 10.5 Å². The highest BCUT2D eigenvalue weighted by Gasteiger charge is 2.04. The first-order valence-corrected chi connectivity index (χ1v) is 6.55. The molecule has 0 bridgehead atoms. The summed E-state index contributed by atoms with van der Waals surface area (Å²) < 4.78 is 0. The summed E-state index contributed by atoms with van der Waals surface area (Å²) in [5.41, 5.74) is 0.508. The van der Waals surface area contributed by atoms with E-state index in [1.165, 1.54) is 0 Å². The van der Waals surface area contributed by atoms with Crippen LogP contribution < -0.4 is 10.6 Å². The first-order valence-electron chi connectivity index (χ1n) is 6.55. The average molecular weight is 280 g/mol. The summed E-state index contributed by atoms with van der Waals surface area (Å²) in [5.74, 6) is 0.347. The number of carboxylic acid groups (broad SMARTS) is 1. The lowest BCUT2D eigenvalue weighted by Crippen LogP contribution is -2.29. The van der Waals surface area contributed by atoms with Gasteiger partial charge in [0.1, 0.15) is 5.82 Å². The molecule has 20 heavy (non-hydrogen) atoms. The number of aliphatic carboxylic acids is 1. The van der Waals surface area contributed by atoms with E-state index in [-0.39, 0.29) is 6.42 Å². The Kier molecular flexibility index (Phi) is 6.42. The predicted molar refractivity (Wildman–Crippen MR) is 74.5 cm³/mol. The normalized spacial score (nSPS) is 10.3. The number of urea groups is 1. The first kappa shape index (κ1) is 15.9. The Balaban J connectivity index is 2.32. The van der Waals surface area contributed by atoms with Crippen LogP contribution >= 0.6 is 0 Å². The Hall–Kier alpha value is -2.18. The Morgan fingerprint density at radius 1 is 1.30 bits per heavy atom. The Morgan fingerprint density at radius 3 is 2.50 bits per heavy atom. The topological polar surface area (TPSA) is 104 Å². The summed E-state index contributed by atoms with van der Waals surface area (Å²) in [4.78, 5) is 30.1. The number of hydrogen-bond donors (Lipinski definition) is 3. The van der Waals surface area contributed by atoms with Crippen molar-refractivity contribution >= 4 is 17.7 Å². The van der Waals surface area contributed by atoms with Crippen LogP contribution in [0.3, 0.4) is 0 Å². The third kappa shape index (κ3) is 6.67. The van der Waals surface area contributed by atoms with Crippen LogP contribution in [-0.2, 0) is 11.2 Å². The molecule has 0 radical (unpaired) electrons. The molecule has 7 heteroatoms. The quantitative estimate of drug-likeness (QED) is 0.659. The molecule has 3 N–H and O–H groups in total. The van der Waals surface area contributed by atoms with E-state index in [1.54, 1.807) is 12.4 Å². The number of nitrogens with one attached hydrogen (secondary N) is 2. The van der Waals surface area contributed by atoms with E-state index in [2.05, 4.69) is 34.4 Å². The predicted octanol–water partition coefficient (Wildman–Crippen LogP) is 1.66. The molecule has 0 spiro atoms. The molecule has 0 saturated carbocycles. The van der Waals surface area contributed by atoms with E-state index >= 15 is 0 Å². The number of rotatable bonds is 7. The molecule has 1 aromatic heterocycles. The highest BCUT2D eigenvalue weighted by atomic mass is 16.4.